The summed E-state index contributed by atoms with van der Waals surface area (Å²) in [5.41, 5.74) is 2.47. The van der Waals surface area contributed by atoms with Crippen molar-refractivity contribution in [1.82, 2.24) is 5.32 Å². The van der Waals surface area contributed by atoms with Crippen molar-refractivity contribution in [3.05, 3.63) is 53.6 Å². The summed E-state index contributed by atoms with van der Waals surface area (Å²) < 4.78 is 33.9. The maximum Gasteiger partial charge on any atom is 0.333 e. The molecule has 0 spiro atoms. The Morgan fingerprint density at radius 2 is 1.75 bits per heavy atom. The van der Waals surface area contributed by atoms with E-state index >= 15 is 0 Å². The van der Waals surface area contributed by atoms with Gasteiger partial charge in [-0.05, 0) is 42.2 Å². The number of nitrogens with one attached hydrogen (secondary N) is 1. The molecular formula is C20H22NO6S. The van der Waals surface area contributed by atoms with Gasteiger partial charge in [0.1, 0.15) is 0 Å². The van der Waals surface area contributed by atoms with Crippen molar-refractivity contribution in [2.45, 2.75) is 24.2 Å². The van der Waals surface area contributed by atoms with Gasteiger partial charge in [-0.2, -0.15) is 0 Å². The molecule has 2 aromatic rings. The van der Waals surface area contributed by atoms with Gasteiger partial charge in [-0.15, -0.1) is 0 Å². The number of hydrogen-bond donors (Lipinski definition) is 1. The molecule has 7 nitrogen and oxygen atoms in total. The van der Waals surface area contributed by atoms with Gasteiger partial charge < -0.3 is 14.8 Å². The van der Waals surface area contributed by atoms with E-state index in [1.54, 1.807) is 32.4 Å². The molecule has 0 bridgehead atoms. The predicted octanol–water partition coefficient (Wildman–Crippen LogP) is 1.84. The fourth-order valence-corrected chi connectivity index (χ4v) is 3.60. The van der Waals surface area contributed by atoms with Gasteiger partial charge in [-0.3, -0.25) is 9.59 Å². The lowest BCUT2D eigenvalue weighted by Crippen LogP contribution is -2.26. The summed E-state index contributed by atoms with van der Waals surface area (Å²) in [7, 11) is -0.971. The number of amides is 1. The molecule has 149 valence electrons. The Morgan fingerprint density at radius 3 is 2.43 bits per heavy atom. The zero-order valence-electron chi connectivity index (χ0n) is 15.7. The Morgan fingerprint density at radius 1 is 1.04 bits per heavy atom. The molecular weight excluding hydrogens is 382 g/mol. The molecule has 0 aliphatic rings. The Kier molecular flexibility index (Phi) is 7.57. The molecule has 0 aliphatic heterocycles. The molecule has 0 saturated heterocycles. The second-order valence-corrected chi connectivity index (χ2v) is 7.60. The van der Waals surface area contributed by atoms with Crippen molar-refractivity contribution in [1.29, 1.82) is 0 Å². The van der Waals surface area contributed by atoms with E-state index in [0.29, 0.717) is 29.9 Å². The standard InChI is InChI=1S/C20H22NO6S/c1-26-17-9-7-15(13-18(17)27-2)8-10-20(23)21-12-11-16-5-3-4-6-19(16)28(24,25)14-22/h3-7,9,13H,8,10-12H2,1-2H3,(H,21,23). The third kappa shape index (κ3) is 5.56. The van der Waals surface area contributed by atoms with Gasteiger partial charge in [0.25, 0.3) is 0 Å². The van der Waals surface area contributed by atoms with Crippen molar-refractivity contribution in [2.24, 2.45) is 0 Å². The van der Waals surface area contributed by atoms with Gasteiger partial charge in [-0.25, -0.2) is 8.42 Å². The number of sulfone groups is 1. The number of carbonyl (C=O) groups excluding carboxylic acids is 2. The van der Waals surface area contributed by atoms with E-state index in [9.17, 15) is 18.0 Å². The highest BCUT2D eigenvalue weighted by atomic mass is 32.2. The van der Waals surface area contributed by atoms with Gasteiger partial charge >= 0.3 is 5.62 Å². The molecule has 1 radical (unpaired) electrons. The number of carbonyl (C=O) groups is 1. The third-order valence-electron chi connectivity index (χ3n) is 4.18. The van der Waals surface area contributed by atoms with Crippen molar-refractivity contribution in [3.8, 4) is 11.5 Å². The van der Waals surface area contributed by atoms with Crippen LogP contribution in [0.5, 0.6) is 11.5 Å². The zero-order valence-corrected chi connectivity index (χ0v) is 16.5. The molecule has 0 fully saturated rings. The maximum absolute atomic E-state index is 12.1. The second-order valence-electron chi connectivity index (χ2n) is 5.98. The molecule has 1 N–H and O–H groups in total. The average Bonchev–Trinajstić information content (AvgIpc) is 2.72. The van der Waals surface area contributed by atoms with Gasteiger partial charge in [-0.1, -0.05) is 24.3 Å². The highest BCUT2D eigenvalue weighted by Gasteiger charge is 2.18. The van der Waals surface area contributed by atoms with Crippen LogP contribution in [-0.2, 0) is 32.3 Å². The van der Waals surface area contributed by atoms with Crippen LogP contribution in [0.1, 0.15) is 17.5 Å². The average molecular weight is 404 g/mol. The molecule has 0 heterocycles. The van der Waals surface area contributed by atoms with Crippen LogP contribution in [0.4, 0.5) is 0 Å². The molecule has 0 aliphatic carbocycles. The van der Waals surface area contributed by atoms with E-state index in [0.717, 1.165) is 11.2 Å². The molecule has 0 unspecified atom stereocenters. The number of methoxy groups -OCH3 is 2. The molecule has 0 aromatic heterocycles. The van der Waals surface area contributed by atoms with E-state index in [1.165, 1.54) is 12.1 Å². The summed E-state index contributed by atoms with van der Waals surface area (Å²) in [6.07, 6.45) is 1.09. The van der Waals surface area contributed by atoms with Crippen molar-refractivity contribution in [2.75, 3.05) is 20.8 Å². The summed E-state index contributed by atoms with van der Waals surface area (Å²) in [4.78, 5) is 22.7. The van der Waals surface area contributed by atoms with Gasteiger partial charge in [0.2, 0.25) is 15.7 Å². The van der Waals surface area contributed by atoms with Gasteiger partial charge in [0.05, 0.1) is 19.1 Å². The monoisotopic (exact) mass is 404 g/mol. The molecule has 0 atom stereocenters. The van der Waals surface area contributed by atoms with E-state index < -0.39 is 9.84 Å². The largest absolute Gasteiger partial charge is 0.493 e. The minimum atomic E-state index is -4.08. The molecule has 28 heavy (non-hydrogen) atoms. The number of rotatable bonds is 10. The molecule has 2 rings (SSSR count). The maximum atomic E-state index is 12.1. The summed E-state index contributed by atoms with van der Waals surface area (Å²) in [6.45, 7) is 0.260. The Hall–Kier alpha value is -2.87. The zero-order chi connectivity index (χ0) is 20.6. The van der Waals surface area contributed by atoms with E-state index in [4.69, 9.17) is 9.47 Å². The van der Waals surface area contributed by atoms with Crippen LogP contribution >= 0.6 is 0 Å². The molecule has 0 saturated carbocycles. The first kappa shape index (κ1) is 21.4. The summed E-state index contributed by atoms with van der Waals surface area (Å²) in [6, 6.07) is 11.7. The summed E-state index contributed by atoms with van der Waals surface area (Å²) in [5.74, 6) is 1.07. The van der Waals surface area contributed by atoms with Crippen LogP contribution in [0.15, 0.2) is 47.4 Å². The number of hydrogen-bond acceptors (Lipinski definition) is 6. The highest BCUT2D eigenvalue weighted by Crippen LogP contribution is 2.27. The topological polar surface area (TPSA) is 98.8 Å². The number of benzene rings is 2. The van der Waals surface area contributed by atoms with Crippen LogP contribution in [0.2, 0.25) is 0 Å². The number of ether oxygens (including phenoxy) is 2. The van der Waals surface area contributed by atoms with Gasteiger partial charge in [0.15, 0.2) is 11.5 Å². The molecule has 2 aromatic carbocycles. The van der Waals surface area contributed by atoms with E-state index in [1.807, 2.05) is 12.1 Å². The van der Waals surface area contributed by atoms with Gasteiger partial charge in [0, 0.05) is 13.0 Å². The Bertz CT molecular complexity index is 939. The molecule has 1 amide bonds. The summed E-state index contributed by atoms with van der Waals surface area (Å²) >= 11 is 0. The lowest BCUT2D eigenvalue weighted by Gasteiger charge is -2.10. The quantitative estimate of drug-likeness (QED) is 0.649. The Labute approximate surface area is 164 Å². The normalized spacial score (nSPS) is 10.9. The Balaban J connectivity index is 1.88. The SMILES string of the molecule is COc1ccc(CCC(=O)NCCc2ccccc2S(=O)(=O)[C]=O)cc1OC. The highest BCUT2D eigenvalue weighted by molar-refractivity contribution is 8.04. The van der Waals surface area contributed by atoms with Crippen LogP contribution < -0.4 is 14.8 Å². The second kappa shape index (κ2) is 9.89. The van der Waals surface area contributed by atoms with E-state index in [-0.39, 0.29) is 23.8 Å². The van der Waals surface area contributed by atoms with Crippen LogP contribution in [0.3, 0.4) is 0 Å². The fourth-order valence-electron chi connectivity index (χ4n) is 2.74. The van der Waals surface area contributed by atoms with Crippen molar-refractivity contribution >= 4 is 21.4 Å². The third-order valence-corrected chi connectivity index (χ3v) is 5.37. The number of aryl methyl sites for hydroxylation is 1. The van der Waals surface area contributed by atoms with Crippen molar-refractivity contribution < 1.29 is 27.5 Å². The van der Waals surface area contributed by atoms with Crippen molar-refractivity contribution in [3.63, 3.8) is 0 Å². The van der Waals surface area contributed by atoms with Crippen LogP contribution in [-0.4, -0.2) is 40.7 Å². The minimum Gasteiger partial charge on any atom is -0.493 e. The summed E-state index contributed by atoms with van der Waals surface area (Å²) in [5, 5.41) is 2.76. The van der Waals surface area contributed by atoms with E-state index in [2.05, 4.69) is 5.32 Å². The van der Waals surface area contributed by atoms with Crippen LogP contribution in [0, 0.1) is 0 Å². The smallest absolute Gasteiger partial charge is 0.333 e. The minimum absolute atomic E-state index is 0.0791. The first-order chi connectivity index (χ1) is 13.4. The first-order valence-electron chi connectivity index (χ1n) is 8.60. The van der Waals surface area contributed by atoms with Crippen LogP contribution in [0.25, 0.3) is 0 Å². The lowest BCUT2D eigenvalue weighted by molar-refractivity contribution is -0.121. The predicted molar refractivity (Wildman–Crippen MR) is 104 cm³/mol. The molecule has 8 heteroatoms. The first-order valence-corrected chi connectivity index (χ1v) is 10.1. The fraction of sp³-hybridized carbons (Fsp3) is 0.300. The lowest BCUT2D eigenvalue weighted by atomic mass is 10.1.